The van der Waals surface area contributed by atoms with Crippen LogP contribution in [0.1, 0.15) is 12.8 Å². The minimum Gasteiger partial charge on any atom is -0.385 e. The quantitative estimate of drug-likeness (QED) is 0.840. The zero-order chi connectivity index (χ0) is 16.2. The highest BCUT2D eigenvalue weighted by Gasteiger charge is 2.46. The van der Waals surface area contributed by atoms with E-state index < -0.39 is 20.2 Å². The molecule has 2 rings (SSSR count). The number of anilines is 1. The summed E-state index contributed by atoms with van der Waals surface area (Å²) in [4.78, 5) is -0.752. The van der Waals surface area contributed by atoms with Gasteiger partial charge in [0.1, 0.15) is 0 Å². The van der Waals surface area contributed by atoms with Gasteiger partial charge in [0.15, 0.2) is 0 Å². The number of ether oxygens (including phenoxy) is 1. The van der Waals surface area contributed by atoms with Crippen LogP contribution in [0.3, 0.4) is 0 Å². The summed E-state index contributed by atoms with van der Waals surface area (Å²) in [6.45, 7) is 1.94. The molecule has 0 saturated heterocycles. The maximum absolute atomic E-state index is 12.4. The van der Waals surface area contributed by atoms with Gasteiger partial charge in [-0.15, -0.1) is 0 Å². The molecule has 0 aliphatic carbocycles. The fourth-order valence-corrected chi connectivity index (χ4v) is 2.81. The summed E-state index contributed by atoms with van der Waals surface area (Å²) in [7, 11) is -5.28. The van der Waals surface area contributed by atoms with Crippen LogP contribution in [0.2, 0.25) is 0 Å². The highest BCUT2D eigenvalue weighted by atomic mass is 32.2. The predicted octanol–water partition coefficient (Wildman–Crippen LogP) is 3.13. The SMILES string of the molecule is O=S(=O)(c1ccc(NCCC2=CCOCC2)cc1)C(F)(F)F. The Labute approximate surface area is 126 Å². The van der Waals surface area contributed by atoms with E-state index in [1.165, 1.54) is 17.7 Å². The molecule has 0 amide bonds. The molecule has 0 spiro atoms. The number of hydrogen-bond donors (Lipinski definition) is 1. The van der Waals surface area contributed by atoms with Crippen molar-refractivity contribution in [2.24, 2.45) is 0 Å². The van der Waals surface area contributed by atoms with Crippen molar-refractivity contribution in [1.82, 2.24) is 0 Å². The van der Waals surface area contributed by atoms with Gasteiger partial charge >= 0.3 is 5.51 Å². The van der Waals surface area contributed by atoms with Gasteiger partial charge in [0.2, 0.25) is 0 Å². The van der Waals surface area contributed by atoms with Crippen LogP contribution in [0.15, 0.2) is 40.8 Å². The standard InChI is InChI=1S/C14H16F3NO3S/c15-14(16,17)22(19,20)13-3-1-12(2-4-13)18-8-5-11-6-9-21-10-7-11/h1-4,6,18H,5,7-10H2. The van der Waals surface area contributed by atoms with Crippen LogP contribution in [0.5, 0.6) is 0 Å². The summed E-state index contributed by atoms with van der Waals surface area (Å²) < 4.78 is 64.9. The van der Waals surface area contributed by atoms with Crippen molar-refractivity contribution in [2.45, 2.75) is 23.2 Å². The second kappa shape index (κ2) is 6.70. The zero-order valence-corrected chi connectivity index (χ0v) is 12.5. The molecule has 122 valence electrons. The monoisotopic (exact) mass is 335 g/mol. The first-order valence-corrected chi connectivity index (χ1v) is 8.20. The first-order chi connectivity index (χ1) is 10.3. The first kappa shape index (κ1) is 16.8. The molecular weight excluding hydrogens is 319 g/mol. The molecule has 0 atom stereocenters. The Bertz CT molecular complexity index is 636. The molecule has 0 bridgehead atoms. The van der Waals surface area contributed by atoms with Gasteiger partial charge in [0.25, 0.3) is 9.84 Å². The van der Waals surface area contributed by atoms with E-state index in [2.05, 4.69) is 5.32 Å². The van der Waals surface area contributed by atoms with Gasteiger partial charge in [-0.2, -0.15) is 13.2 Å². The number of sulfone groups is 1. The van der Waals surface area contributed by atoms with Crippen LogP contribution in [0, 0.1) is 0 Å². The molecule has 8 heteroatoms. The average Bonchev–Trinajstić information content (AvgIpc) is 2.48. The second-order valence-corrected chi connectivity index (χ2v) is 6.78. The Morgan fingerprint density at radius 3 is 2.41 bits per heavy atom. The summed E-state index contributed by atoms with van der Waals surface area (Å²) in [6, 6.07) is 4.58. The van der Waals surface area contributed by atoms with Crippen LogP contribution in [0.4, 0.5) is 18.9 Å². The fourth-order valence-electron chi connectivity index (χ4n) is 2.05. The summed E-state index contributed by atoms with van der Waals surface area (Å²) in [5.41, 5.74) is -3.43. The van der Waals surface area contributed by atoms with E-state index in [1.807, 2.05) is 6.08 Å². The summed E-state index contributed by atoms with van der Waals surface area (Å²) in [6.07, 6.45) is 3.71. The number of benzene rings is 1. The minimum absolute atomic E-state index is 0.578. The number of hydrogen-bond acceptors (Lipinski definition) is 4. The Morgan fingerprint density at radius 1 is 1.18 bits per heavy atom. The normalized spacial score (nSPS) is 16.2. The van der Waals surface area contributed by atoms with Crippen molar-refractivity contribution in [1.29, 1.82) is 0 Å². The van der Waals surface area contributed by atoms with Crippen molar-refractivity contribution >= 4 is 15.5 Å². The van der Waals surface area contributed by atoms with Gasteiger partial charge in [0.05, 0.1) is 18.1 Å². The summed E-state index contributed by atoms with van der Waals surface area (Å²) in [5, 5.41) is 3.05. The van der Waals surface area contributed by atoms with Crippen molar-refractivity contribution in [3.8, 4) is 0 Å². The van der Waals surface area contributed by atoms with E-state index >= 15 is 0 Å². The van der Waals surface area contributed by atoms with Crippen molar-refractivity contribution in [3.05, 3.63) is 35.9 Å². The third-order valence-corrected chi connectivity index (χ3v) is 4.80. The van der Waals surface area contributed by atoms with Gasteiger partial charge in [-0.3, -0.25) is 0 Å². The molecule has 1 aliphatic rings. The third-order valence-electron chi connectivity index (χ3n) is 3.30. The molecule has 1 N–H and O–H groups in total. The van der Waals surface area contributed by atoms with Crippen LogP contribution in [-0.2, 0) is 14.6 Å². The highest BCUT2D eigenvalue weighted by molar-refractivity contribution is 7.92. The van der Waals surface area contributed by atoms with Crippen LogP contribution < -0.4 is 5.32 Å². The molecule has 0 saturated carbocycles. The smallest absolute Gasteiger partial charge is 0.385 e. The topological polar surface area (TPSA) is 55.4 Å². The minimum atomic E-state index is -5.28. The van der Waals surface area contributed by atoms with E-state index in [9.17, 15) is 21.6 Å². The maximum atomic E-state index is 12.4. The number of halogens is 3. The maximum Gasteiger partial charge on any atom is 0.501 e. The molecule has 4 nitrogen and oxygen atoms in total. The van der Waals surface area contributed by atoms with E-state index in [-0.39, 0.29) is 0 Å². The molecule has 1 aliphatic heterocycles. The van der Waals surface area contributed by atoms with Gasteiger partial charge in [-0.25, -0.2) is 8.42 Å². The summed E-state index contributed by atoms with van der Waals surface area (Å²) >= 11 is 0. The number of alkyl halides is 3. The lowest BCUT2D eigenvalue weighted by molar-refractivity contribution is -0.0436. The Balaban J connectivity index is 1.93. The number of nitrogens with one attached hydrogen (secondary N) is 1. The largest absolute Gasteiger partial charge is 0.501 e. The lowest BCUT2D eigenvalue weighted by Gasteiger charge is -2.14. The van der Waals surface area contributed by atoms with E-state index in [0.717, 1.165) is 25.0 Å². The predicted molar refractivity (Wildman–Crippen MR) is 76.3 cm³/mol. The fraction of sp³-hybridized carbons (Fsp3) is 0.429. The van der Waals surface area contributed by atoms with Gasteiger partial charge < -0.3 is 10.1 Å². The first-order valence-electron chi connectivity index (χ1n) is 6.71. The third kappa shape index (κ3) is 4.01. The molecule has 22 heavy (non-hydrogen) atoms. The molecule has 1 aromatic carbocycles. The molecular formula is C14H16F3NO3S. The van der Waals surface area contributed by atoms with Crippen molar-refractivity contribution < 1.29 is 26.3 Å². The highest BCUT2D eigenvalue weighted by Crippen LogP contribution is 2.30. The van der Waals surface area contributed by atoms with Crippen molar-refractivity contribution in [2.75, 3.05) is 25.1 Å². The number of rotatable bonds is 5. The Morgan fingerprint density at radius 2 is 1.86 bits per heavy atom. The molecule has 1 heterocycles. The molecule has 0 aromatic heterocycles. The lowest BCUT2D eigenvalue weighted by atomic mass is 10.1. The molecule has 0 radical (unpaired) electrons. The lowest BCUT2D eigenvalue weighted by Crippen LogP contribution is -2.23. The zero-order valence-electron chi connectivity index (χ0n) is 11.7. The van der Waals surface area contributed by atoms with Crippen LogP contribution in [-0.4, -0.2) is 33.7 Å². The average molecular weight is 335 g/mol. The van der Waals surface area contributed by atoms with Gasteiger partial charge in [-0.05, 0) is 37.1 Å². The van der Waals surface area contributed by atoms with Crippen LogP contribution in [0.25, 0.3) is 0 Å². The van der Waals surface area contributed by atoms with Gasteiger partial charge in [0, 0.05) is 12.2 Å². The second-order valence-electron chi connectivity index (χ2n) is 4.84. The molecule has 0 fully saturated rings. The molecule has 1 aromatic rings. The van der Waals surface area contributed by atoms with Crippen molar-refractivity contribution in [3.63, 3.8) is 0 Å². The van der Waals surface area contributed by atoms with E-state index in [1.54, 1.807) is 0 Å². The van der Waals surface area contributed by atoms with E-state index in [4.69, 9.17) is 4.74 Å². The molecule has 0 unspecified atom stereocenters. The summed E-state index contributed by atoms with van der Waals surface area (Å²) in [5.74, 6) is 0. The van der Waals surface area contributed by atoms with Crippen LogP contribution >= 0.6 is 0 Å². The Kier molecular flexibility index (Phi) is 5.12. The van der Waals surface area contributed by atoms with E-state index in [0.29, 0.717) is 25.4 Å². The Hall–Kier alpha value is -1.54. The van der Waals surface area contributed by atoms with Gasteiger partial charge in [-0.1, -0.05) is 11.6 Å².